The van der Waals surface area contributed by atoms with Gasteiger partial charge in [-0.1, -0.05) is 18.2 Å². The number of anilines is 2. The third-order valence-corrected chi connectivity index (χ3v) is 5.48. The van der Waals surface area contributed by atoms with Crippen molar-refractivity contribution in [2.75, 3.05) is 16.8 Å². The number of rotatable bonds is 4. The lowest BCUT2D eigenvalue weighted by molar-refractivity contribution is -0.117. The summed E-state index contributed by atoms with van der Waals surface area (Å²) < 4.78 is 14.4. The Bertz CT molecular complexity index is 1380. The molecule has 0 spiro atoms. The number of hydrogen-bond donors (Lipinski definition) is 2. The molecule has 32 heavy (non-hydrogen) atoms. The maximum atomic E-state index is 13.2. The standard InChI is InChI=1S/C23H18FN5O3/c24-15-6-8-17(9-7-15)28-13-14(10-20(28)30)19-11-21(31)29-22(27-19)18(12-25-29)23(32)26-16-4-2-1-3-5-16/h1-9,11-12,14,25H,10,13H2,(H,26,32)/t14-/m1/s1. The van der Waals surface area contributed by atoms with Crippen molar-refractivity contribution in [3.63, 3.8) is 0 Å². The van der Waals surface area contributed by atoms with Crippen LogP contribution < -0.4 is 15.8 Å². The molecule has 2 N–H and O–H groups in total. The number of nitrogens with one attached hydrogen (secondary N) is 2. The third kappa shape index (κ3) is 3.53. The Morgan fingerprint density at radius 2 is 1.84 bits per heavy atom. The van der Waals surface area contributed by atoms with Gasteiger partial charge in [-0.25, -0.2) is 13.9 Å². The van der Waals surface area contributed by atoms with Gasteiger partial charge in [0.2, 0.25) is 5.91 Å². The highest BCUT2D eigenvalue weighted by atomic mass is 19.1. The van der Waals surface area contributed by atoms with Gasteiger partial charge < -0.3 is 10.2 Å². The molecule has 1 atom stereocenters. The van der Waals surface area contributed by atoms with Crippen LogP contribution >= 0.6 is 0 Å². The normalized spacial score (nSPS) is 16.0. The molecule has 2 aromatic carbocycles. The summed E-state index contributed by atoms with van der Waals surface area (Å²) in [6, 6.07) is 16.0. The number of para-hydroxylation sites is 1. The van der Waals surface area contributed by atoms with E-state index in [9.17, 15) is 18.8 Å². The van der Waals surface area contributed by atoms with Crippen LogP contribution in [0.1, 0.15) is 28.4 Å². The minimum Gasteiger partial charge on any atom is -0.322 e. The summed E-state index contributed by atoms with van der Waals surface area (Å²) in [7, 11) is 0. The minimum absolute atomic E-state index is 0.139. The highest BCUT2D eigenvalue weighted by molar-refractivity contribution is 6.08. The number of halogens is 1. The van der Waals surface area contributed by atoms with Gasteiger partial charge in [0.05, 0.1) is 5.69 Å². The van der Waals surface area contributed by atoms with E-state index in [0.29, 0.717) is 23.6 Å². The molecule has 0 unspecified atom stereocenters. The summed E-state index contributed by atoms with van der Waals surface area (Å²) in [5.74, 6) is -1.26. The smallest absolute Gasteiger partial charge is 0.272 e. The molecule has 1 aliphatic heterocycles. The average Bonchev–Trinajstić information content (AvgIpc) is 3.39. The van der Waals surface area contributed by atoms with E-state index in [-0.39, 0.29) is 40.8 Å². The number of carbonyl (C=O) groups is 2. The number of aromatic nitrogens is 3. The summed E-state index contributed by atoms with van der Waals surface area (Å²) in [6.45, 7) is 0.309. The quantitative estimate of drug-likeness (QED) is 0.519. The number of nitrogens with zero attached hydrogens (tertiary/aromatic N) is 3. The Balaban J connectivity index is 1.46. The van der Waals surface area contributed by atoms with Gasteiger partial charge in [-0.3, -0.25) is 19.5 Å². The van der Waals surface area contributed by atoms with Gasteiger partial charge in [0.25, 0.3) is 11.5 Å². The number of benzene rings is 2. The fourth-order valence-corrected chi connectivity index (χ4v) is 3.87. The van der Waals surface area contributed by atoms with Gasteiger partial charge in [-0.15, -0.1) is 0 Å². The SMILES string of the molecule is O=C(Nc1ccccc1)c1c[nH]n2c(=O)cc([C@@H]3CC(=O)N(c4ccc(F)cc4)C3)nc12. The molecule has 1 saturated heterocycles. The van der Waals surface area contributed by atoms with E-state index in [4.69, 9.17) is 0 Å². The number of hydrogen-bond acceptors (Lipinski definition) is 4. The second-order valence-electron chi connectivity index (χ2n) is 7.57. The zero-order valence-corrected chi connectivity index (χ0v) is 16.8. The lowest BCUT2D eigenvalue weighted by Gasteiger charge is -2.16. The van der Waals surface area contributed by atoms with Crippen LogP contribution in [0.3, 0.4) is 0 Å². The summed E-state index contributed by atoms with van der Waals surface area (Å²) >= 11 is 0. The van der Waals surface area contributed by atoms with E-state index in [0.717, 1.165) is 0 Å². The second-order valence-corrected chi connectivity index (χ2v) is 7.57. The molecule has 0 radical (unpaired) electrons. The Morgan fingerprint density at radius 3 is 2.59 bits per heavy atom. The zero-order chi connectivity index (χ0) is 22.2. The molecule has 1 fully saturated rings. The van der Waals surface area contributed by atoms with Crippen LogP contribution in [0.25, 0.3) is 5.65 Å². The molecule has 4 aromatic rings. The van der Waals surface area contributed by atoms with Gasteiger partial charge >= 0.3 is 0 Å². The molecule has 2 aromatic heterocycles. The molecule has 0 saturated carbocycles. The number of fused-ring (bicyclic) bond motifs is 1. The Labute approximate surface area is 181 Å². The molecule has 160 valence electrons. The summed E-state index contributed by atoms with van der Waals surface area (Å²) in [5.41, 5.74) is 1.66. The van der Waals surface area contributed by atoms with Crippen LogP contribution in [0.4, 0.5) is 15.8 Å². The molecule has 5 rings (SSSR count). The molecular formula is C23H18FN5O3. The van der Waals surface area contributed by atoms with Crippen LogP contribution in [0.15, 0.2) is 71.7 Å². The fourth-order valence-electron chi connectivity index (χ4n) is 3.87. The van der Waals surface area contributed by atoms with Crippen molar-refractivity contribution in [2.24, 2.45) is 0 Å². The maximum Gasteiger partial charge on any atom is 0.272 e. The Kier molecular flexibility index (Phi) is 4.78. The Hall–Kier alpha value is -4.27. The van der Waals surface area contributed by atoms with Crippen molar-refractivity contribution < 1.29 is 14.0 Å². The number of amides is 2. The topological polar surface area (TPSA) is 99.6 Å². The lowest BCUT2D eigenvalue weighted by atomic mass is 10.0. The predicted octanol–water partition coefficient (Wildman–Crippen LogP) is 2.93. The first kappa shape index (κ1) is 19.7. The molecule has 8 nitrogen and oxygen atoms in total. The van der Waals surface area contributed by atoms with Crippen molar-refractivity contribution in [1.82, 2.24) is 14.6 Å². The van der Waals surface area contributed by atoms with E-state index in [2.05, 4.69) is 15.4 Å². The average molecular weight is 431 g/mol. The predicted molar refractivity (Wildman–Crippen MR) is 116 cm³/mol. The van der Waals surface area contributed by atoms with Gasteiger partial charge in [0.15, 0.2) is 5.65 Å². The summed E-state index contributed by atoms with van der Waals surface area (Å²) in [5, 5.41) is 5.54. The van der Waals surface area contributed by atoms with Crippen LogP contribution in [-0.2, 0) is 4.79 Å². The first-order chi connectivity index (χ1) is 15.5. The van der Waals surface area contributed by atoms with E-state index >= 15 is 0 Å². The number of aromatic amines is 1. The van der Waals surface area contributed by atoms with Crippen molar-refractivity contribution >= 4 is 28.8 Å². The van der Waals surface area contributed by atoms with Crippen molar-refractivity contribution in [3.05, 3.63) is 94.3 Å². The summed E-state index contributed by atoms with van der Waals surface area (Å²) in [6.07, 6.45) is 1.59. The second kappa shape index (κ2) is 7.77. The van der Waals surface area contributed by atoms with Gasteiger partial charge in [0, 0.05) is 42.5 Å². The minimum atomic E-state index is -0.408. The van der Waals surface area contributed by atoms with Crippen LogP contribution in [0.2, 0.25) is 0 Å². The maximum absolute atomic E-state index is 13.2. The van der Waals surface area contributed by atoms with Crippen LogP contribution in [0.5, 0.6) is 0 Å². The van der Waals surface area contributed by atoms with Gasteiger partial charge in [-0.05, 0) is 36.4 Å². The number of H-pyrrole nitrogens is 1. The molecular weight excluding hydrogens is 413 g/mol. The van der Waals surface area contributed by atoms with E-state index in [1.54, 1.807) is 41.3 Å². The highest BCUT2D eigenvalue weighted by Crippen LogP contribution is 2.31. The number of carbonyl (C=O) groups excluding carboxylic acids is 2. The first-order valence-electron chi connectivity index (χ1n) is 10.0. The lowest BCUT2D eigenvalue weighted by Crippen LogP contribution is -2.24. The van der Waals surface area contributed by atoms with E-state index in [1.165, 1.54) is 28.9 Å². The molecule has 0 aliphatic carbocycles. The van der Waals surface area contributed by atoms with Crippen LogP contribution in [-0.4, -0.2) is 33.0 Å². The highest BCUT2D eigenvalue weighted by Gasteiger charge is 2.33. The molecule has 0 bridgehead atoms. The summed E-state index contributed by atoms with van der Waals surface area (Å²) in [4.78, 5) is 44.1. The molecule has 1 aliphatic rings. The van der Waals surface area contributed by atoms with Crippen LogP contribution in [0, 0.1) is 5.82 Å². The van der Waals surface area contributed by atoms with E-state index < -0.39 is 5.91 Å². The van der Waals surface area contributed by atoms with Crippen molar-refractivity contribution in [3.8, 4) is 0 Å². The van der Waals surface area contributed by atoms with Crippen molar-refractivity contribution in [2.45, 2.75) is 12.3 Å². The molecule has 9 heteroatoms. The fraction of sp³-hybridized carbons (Fsp3) is 0.130. The first-order valence-corrected chi connectivity index (χ1v) is 10.0. The molecule has 2 amide bonds. The largest absolute Gasteiger partial charge is 0.322 e. The van der Waals surface area contributed by atoms with Gasteiger partial charge in [0.1, 0.15) is 11.4 Å². The zero-order valence-electron chi connectivity index (χ0n) is 16.8. The van der Waals surface area contributed by atoms with E-state index in [1.807, 2.05) is 6.07 Å². The Morgan fingerprint density at radius 1 is 1.09 bits per heavy atom. The third-order valence-electron chi connectivity index (χ3n) is 5.48. The van der Waals surface area contributed by atoms with Crippen molar-refractivity contribution in [1.29, 1.82) is 0 Å². The van der Waals surface area contributed by atoms with Gasteiger partial charge in [-0.2, -0.15) is 0 Å². The monoisotopic (exact) mass is 431 g/mol. The molecule has 3 heterocycles.